The Morgan fingerprint density at radius 2 is 1.92 bits per heavy atom. The van der Waals surface area contributed by atoms with Crippen LogP contribution in [0.5, 0.6) is 5.75 Å². The number of hydrogen-bond acceptors (Lipinski definition) is 4. The van der Waals surface area contributed by atoms with Gasteiger partial charge in [-0.25, -0.2) is 4.98 Å². The third-order valence-electron chi connectivity index (χ3n) is 3.93. The SMILES string of the molecule is CN=C(NCCOc1cccc2ccccc12)NCCc1ncc(C)s1. The minimum atomic E-state index is 0.570. The summed E-state index contributed by atoms with van der Waals surface area (Å²) < 4.78 is 5.94. The van der Waals surface area contributed by atoms with Gasteiger partial charge < -0.3 is 15.4 Å². The van der Waals surface area contributed by atoms with Crippen LogP contribution in [-0.4, -0.2) is 37.7 Å². The van der Waals surface area contributed by atoms with E-state index in [1.165, 1.54) is 10.3 Å². The van der Waals surface area contributed by atoms with Gasteiger partial charge in [-0.15, -0.1) is 11.3 Å². The number of nitrogens with one attached hydrogen (secondary N) is 2. The van der Waals surface area contributed by atoms with Crippen molar-refractivity contribution < 1.29 is 4.74 Å². The zero-order chi connectivity index (χ0) is 18.2. The van der Waals surface area contributed by atoms with Gasteiger partial charge in [0, 0.05) is 36.5 Å². The number of benzene rings is 2. The second-order valence-corrected chi connectivity index (χ2v) is 7.19. The second kappa shape index (κ2) is 9.20. The van der Waals surface area contributed by atoms with E-state index in [1.807, 2.05) is 30.5 Å². The van der Waals surface area contributed by atoms with E-state index in [2.05, 4.69) is 45.7 Å². The number of hydrogen-bond donors (Lipinski definition) is 2. The van der Waals surface area contributed by atoms with Gasteiger partial charge in [-0.2, -0.15) is 0 Å². The predicted octanol–water partition coefficient (Wildman–Crippen LogP) is 3.39. The molecule has 136 valence electrons. The van der Waals surface area contributed by atoms with Crippen molar-refractivity contribution in [3.63, 3.8) is 0 Å². The number of rotatable bonds is 7. The molecule has 1 aromatic heterocycles. The molecule has 2 N–H and O–H groups in total. The van der Waals surface area contributed by atoms with Gasteiger partial charge in [0.15, 0.2) is 5.96 Å². The average Bonchev–Trinajstić information content (AvgIpc) is 3.09. The number of aryl methyl sites for hydroxylation is 1. The van der Waals surface area contributed by atoms with Gasteiger partial charge in [0.05, 0.1) is 11.6 Å². The maximum atomic E-state index is 5.94. The van der Waals surface area contributed by atoms with Crippen LogP contribution in [0, 0.1) is 6.92 Å². The van der Waals surface area contributed by atoms with Crippen LogP contribution in [0.4, 0.5) is 0 Å². The van der Waals surface area contributed by atoms with E-state index in [9.17, 15) is 0 Å². The minimum Gasteiger partial charge on any atom is -0.491 e. The van der Waals surface area contributed by atoms with Crippen molar-refractivity contribution in [3.05, 3.63) is 58.5 Å². The van der Waals surface area contributed by atoms with E-state index in [4.69, 9.17) is 4.74 Å². The van der Waals surface area contributed by atoms with Gasteiger partial charge in [0.25, 0.3) is 0 Å². The molecular formula is C20H24N4OS. The summed E-state index contributed by atoms with van der Waals surface area (Å²) in [6.07, 6.45) is 2.81. The van der Waals surface area contributed by atoms with E-state index in [0.717, 1.165) is 35.1 Å². The van der Waals surface area contributed by atoms with Crippen molar-refractivity contribution in [1.29, 1.82) is 0 Å². The average molecular weight is 369 g/mol. The summed E-state index contributed by atoms with van der Waals surface area (Å²) >= 11 is 1.74. The van der Waals surface area contributed by atoms with E-state index < -0.39 is 0 Å². The maximum Gasteiger partial charge on any atom is 0.191 e. The number of aliphatic imine (C=N–C) groups is 1. The monoisotopic (exact) mass is 368 g/mol. The summed E-state index contributed by atoms with van der Waals surface area (Å²) in [7, 11) is 1.77. The molecule has 1 heterocycles. The molecule has 0 atom stereocenters. The molecule has 0 fully saturated rings. The van der Waals surface area contributed by atoms with Crippen molar-refractivity contribution in [3.8, 4) is 5.75 Å². The summed E-state index contributed by atoms with van der Waals surface area (Å²) in [6.45, 7) is 4.13. The van der Waals surface area contributed by atoms with E-state index in [0.29, 0.717) is 13.2 Å². The van der Waals surface area contributed by atoms with Crippen molar-refractivity contribution in [2.24, 2.45) is 4.99 Å². The van der Waals surface area contributed by atoms with Crippen molar-refractivity contribution in [1.82, 2.24) is 15.6 Å². The molecule has 0 radical (unpaired) electrons. The molecular weight excluding hydrogens is 344 g/mol. The Balaban J connectivity index is 1.41. The molecule has 0 unspecified atom stereocenters. The number of nitrogens with zero attached hydrogens (tertiary/aromatic N) is 2. The van der Waals surface area contributed by atoms with Crippen LogP contribution in [0.25, 0.3) is 10.8 Å². The fourth-order valence-corrected chi connectivity index (χ4v) is 3.46. The number of ether oxygens (including phenoxy) is 1. The lowest BCUT2D eigenvalue weighted by molar-refractivity contribution is 0.325. The van der Waals surface area contributed by atoms with Gasteiger partial charge in [0.1, 0.15) is 12.4 Å². The highest BCUT2D eigenvalue weighted by Gasteiger charge is 2.03. The summed E-state index contributed by atoms with van der Waals surface area (Å²) in [5.41, 5.74) is 0. The Kier molecular flexibility index (Phi) is 6.44. The maximum absolute atomic E-state index is 5.94. The molecule has 0 bridgehead atoms. The van der Waals surface area contributed by atoms with Crippen molar-refractivity contribution in [2.75, 3.05) is 26.7 Å². The Hall–Kier alpha value is -2.60. The van der Waals surface area contributed by atoms with Gasteiger partial charge >= 0.3 is 0 Å². The molecule has 0 saturated heterocycles. The predicted molar refractivity (Wildman–Crippen MR) is 109 cm³/mol. The summed E-state index contributed by atoms with van der Waals surface area (Å²) in [5, 5.41) is 10.0. The lowest BCUT2D eigenvalue weighted by atomic mass is 10.1. The molecule has 3 rings (SSSR count). The molecule has 6 heteroatoms. The topological polar surface area (TPSA) is 58.5 Å². The summed E-state index contributed by atoms with van der Waals surface area (Å²) in [6, 6.07) is 14.4. The molecule has 0 aliphatic carbocycles. The molecule has 0 saturated carbocycles. The van der Waals surface area contributed by atoms with E-state index in [-0.39, 0.29) is 0 Å². The highest BCUT2D eigenvalue weighted by atomic mass is 32.1. The van der Waals surface area contributed by atoms with Crippen LogP contribution >= 0.6 is 11.3 Å². The molecule has 0 aliphatic rings. The van der Waals surface area contributed by atoms with E-state index >= 15 is 0 Å². The number of aromatic nitrogens is 1. The van der Waals surface area contributed by atoms with E-state index in [1.54, 1.807) is 18.4 Å². The lowest BCUT2D eigenvalue weighted by Gasteiger charge is -2.13. The lowest BCUT2D eigenvalue weighted by Crippen LogP contribution is -2.40. The fourth-order valence-electron chi connectivity index (χ4n) is 2.68. The molecule has 26 heavy (non-hydrogen) atoms. The Morgan fingerprint density at radius 3 is 2.73 bits per heavy atom. The highest BCUT2D eigenvalue weighted by Crippen LogP contribution is 2.24. The second-order valence-electron chi connectivity index (χ2n) is 5.87. The molecule has 0 amide bonds. The van der Waals surface area contributed by atoms with Gasteiger partial charge in [-0.05, 0) is 18.4 Å². The van der Waals surface area contributed by atoms with Crippen LogP contribution in [0.3, 0.4) is 0 Å². The first-order valence-corrected chi connectivity index (χ1v) is 9.54. The van der Waals surface area contributed by atoms with Crippen LogP contribution in [0.2, 0.25) is 0 Å². The molecule has 0 spiro atoms. The third kappa shape index (κ3) is 4.95. The highest BCUT2D eigenvalue weighted by molar-refractivity contribution is 7.11. The van der Waals surface area contributed by atoms with Gasteiger partial charge in [0.2, 0.25) is 0 Å². The standard InChI is InChI=1S/C20H24N4OS/c1-15-14-24-19(26-15)10-11-22-20(21-2)23-12-13-25-18-9-5-7-16-6-3-4-8-17(16)18/h3-9,14H,10-13H2,1-2H3,(H2,21,22,23). The smallest absolute Gasteiger partial charge is 0.191 e. The van der Waals surface area contributed by atoms with Crippen LogP contribution in [-0.2, 0) is 6.42 Å². The fraction of sp³-hybridized carbons (Fsp3) is 0.300. The quantitative estimate of drug-likeness (QED) is 0.381. The first kappa shape index (κ1) is 18.2. The van der Waals surface area contributed by atoms with Crippen molar-refractivity contribution in [2.45, 2.75) is 13.3 Å². The Bertz CT molecular complexity index is 870. The Morgan fingerprint density at radius 1 is 1.12 bits per heavy atom. The number of fused-ring (bicyclic) bond motifs is 1. The largest absolute Gasteiger partial charge is 0.491 e. The van der Waals surface area contributed by atoms with Crippen LogP contribution < -0.4 is 15.4 Å². The minimum absolute atomic E-state index is 0.570. The molecule has 3 aromatic rings. The van der Waals surface area contributed by atoms with Gasteiger partial charge in [-0.3, -0.25) is 4.99 Å². The Labute approximate surface area is 158 Å². The molecule has 0 aliphatic heterocycles. The normalized spacial score (nSPS) is 11.5. The third-order valence-corrected chi connectivity index (χ3v) is 4.90. The van der Waals surface area contributed by atoms with Crippen molar-refractivity contribution >= 4 is 28.1 Å². The molecule has 2 aromatic carbocycles. The number of thiazole rings is 1. The van der Waals surface area contributed by atoms with Crippen LogP contribution in [0.1, 0.15) is 9.88 Å². The zero-order valence-corrected chi connectivity index (χ0v) is 16.0. The van der Waals surface area contributed by atoms with Gasteiger partial charge in [-0.1, -0.05) is 36.4 Å². The first-order chi connectivity index (χ1) is 12.8. The summed E-state index contributed by atoms with van der Waals surface area (Å²) in [4.78, 5) is 9.85. The number of guanidine groups is 1. The zero-order valence-electron chi connectivity index (χ0n) is 15.2. The summed E-state index contributed by atoms with van der Waals surface area (Å²) in [5.74, 6) is 1.69. The van der Waals surface area contributed by atoms with Crippen LogP contribution in [0.15, 0.2) is 53.7 Å². The first-order valence-electron chi connectivity index (χ1n) is 8.72. The molecule has 5 nitrogen and oxygen atoms in total.